The van der Waals surface area contributed by atoms with Crippen LogP contribution in [-0.4, -0.2) is 4.98 Å². The van der Waals surface area contributed by atoms with Gasteiger partial charge in [0.05, 0.1) is 12.7 Å². The molecule has 19 heavy (non-hydrogen) atoms. The van der Waals surface area contributed by atoms with Gasteiger partial charge in [-0.1, -0.05) is 36.2 Å². The van der Waals surface area contributed by atoms with E-state index in [2.05, 4.69) is 56.2 Å². The van der Waals surface area contributed by atoms with Crippen LogP contribution in [0.25, 0.3) is 0 Å². The van der Waals surface area contributed by atoms with Gasteiger partial charge < -0.3 is 9.73 Å². The molecule has 1 heterocycles. The summed E-state index contributed by atoms with van der Waals surface area (Å²) in [5.41, 5.74) is 3.90. The first-order chi connectivity index (χ1) is 9.08. The summed E-state index contributed by atoms with van der Waals surface area (Å²) in [6.07, 6.45) is 2.69. The highest BCUT2D eigenvalue weighted by Crippen LogP contribution is 2.17. The molecular formula is C16H22N2O. The van der Waals surface area contributed by atoms with Crippen LogP contribution >= 0.6 is 0 Å². The van der Waals surface area contributed by atoms with Gasteiger partial charge in [0.1, 0.15) is 5.76 Å². The van der Waals surface area contributed by atoms with Gasteiger partial charge in [-0.2, -0.15) is 0 Å². The topological polar surface area (TPSA) is 38.1 Å². The summed E-state index contributed by atoms with van der Waals surface area (Å²) in [5, 5.41) is 3.45. The summed E-state index contributed by atoms with van der Waals surface area (Å²) >= 11 is 0. The molecule has 0 aliphatic heterocycles. The van der Waals surface area contributed by atoms with Crippen molar-refractivity contribution in [1.82, 2.24) is 10.3 Å². The zero-order valence-corrected chi connectivity index (χ0v) is 12.2. The molecule has 0 aliphatic rings. The molecule has 1 N–H and O–H groups in total. The highest BCUT2D eigenvalue weighted by atomic mass is 16.4. The van der Waals surface area contributed by atoms with E-state index < -0.39 is 0 Å². The van der Waals surface area contributed by atoms with Gasteiger partial charge >= 0.3 is 0 Å². The SMILES string of the molecule is CCc1cnc(CNC(C)c2cc(C)cc(C)c2)o1. The molecule has 3 nitrogen and oxygen atoms in total. The fourth-order valence-corrected chi connectivity index (χ4v) is 2.21. The molecule has 1 aromatic heterocycles. The maximum atomic E-state index is 5.59. The van der Waals surface area contributed by atoms with Crippen LogP contribution in [0.5, 0.6) is 0 Å². The Bertz CT molecular complexity index is 525. The predicted octanol–water partition coefficient (Wildman–Crippen LogP) is 3.70. The zero-order chi connectivity index (χ0) is 13.8. The van der Waals surface area contributed by atoms with Gasteiger partial charge in [0.25, 0.3) is 0 Å². The molecule has 0 amide bonds. The number of nitrogens with zero attached hydrogens (tertiary/aromatic N) is 1. The Hall–Kier alpha value is -1.61. The minimum absolute atomic E-state index is 0.288. The van der Waals surface area contributed by atoms with E-state index >= 15 is 0 Å². The van der Waals surface area contributed by atoms with E-state index in [0.29, 0.717) is 6.54 Å². The molecule has 102 valence electrons. The van der Waals surface area contributed by atoms with Crippen LogP contribution in [0.1, 0.15) is 48.2 Å². The van der Waals surface area contributed by atoms with E-state index in [9.17, 15) is 0 Å². The third kappa shape index (κ3) is 3.67. The molecular weight excluding hydrogens is 236 g/mol. The fraction of sp³-hybridized carbons (Fsp3) is 0.438. The first kappa shape index (κ1) is 13.8. The van der Waals surface area contributed by atoms with Gasteiger partial charge in [-0.05, 0) is 26.3 Å². The van der Waals surface area contributed by atoms with Crippen molar-refractivity contribution in [3.05, 3.63) is 52.7 Å². The Kier molecular flexibility index (Phi) is 4.38. The van der Waals surface area contributed by atoms with Crippen LogP contribution in [0, 0.1) is 13.8 Å². The van der Waals surface area contributed by atoms with Crippen LogP contribution in [0.3, 0.4) is 0 Å². The normalized spacial score (nSPS) is 12.6. The number of aryl methyl sites for hydroxylation is 3. The second-order valence-corrected chi connectivity index (χ2v) is 5.10. The maximum absolute atomic E-state index is 5.59. The summed E-state index contributed by atoms with van der Waals surface area (Å²) in [5.74, 6) is 1.70. The van der Waals surface area contributed by atoms with Crippen molar-refractivity contribution in [3.63, 3.8) is 0 Å². The molecule has 0 radical (unpaired) electrons. The van der Waals surface area contributed by atoms with Crippen molar-refractivity contribution in [2.75, 3.05) is 0 Å². The van der Waals surface area contributed by atoms with E-state index in [1.54, 1.807) is 6.20 Å². The molecule has 0 spiro atoms. The van der Waals surface area contributed by atoms with E-state index in [1.165, 1.54) is 16.7 Å². The molecule has 0 saturated carbocycles. The number of hydrogen-bond acceptors (Lipinski definition) is 3. The van der Waals surface area contributed by atoms with Gasteiger partial charge in [-0.3, -0.25) is 0 Å². The Morgan fingerprint density at radius 1 is 1.21 bits per heavy atom. The minimum atomic E-state index is 0.288. The third-order valence-corrected chi connectivity index (χ3v) is 3.25. The molecule has 0 bridgehead atoms. The van der Waals surface area contributed by atoms with Crippen LogP contribution in [0.4, 0.5) is 0 Å². The van der Waals surface area contributed by atoms with Gasteiger partial charge in [0.15, 0.2) is 0 Å². The quantitative estimate of drug-likeness (QED) is 0.888. The van der Waals surface area contributed by atoms with Crippen molar-refractivity contribution in [1.29, 1.82) is 0 Å². The summed E-state index contributed by atoms with van der Waals surface area (Å²) < 4.78 is 5.59. The fourth-order valence-electron chi connectivity index (χ4n) is 2.21. The standard InChI is InChI=1S/C16H22N2O/c1-5-15-9-18-16(19-15)10-17-13(4)14-7-11(2)6-12(3)8-14/h6-9,13,17H,5,10H2,1-4H3. The van der Waals surface area contributed by atoms with Gasteiger partial charge in [0.2, 0.25) is 5.89 Å². The molecule has 2 rings (SSSR count). The van der Waals surface area contributed by atoms with Gasteiger partial charge in [-0.25, -0.2) is 4.98 Å². The largest absolute Gasteiger partial charge is 0.444 e. The van der Waals surface area contributed by atoms with Crippen LogP contribution in [0.15, 0.2) is 28.8 Å². The smallest absolute Gasteiger partial charge is 0.208 e. The first-order valence-electron chi connectivity index (χ1n) is 6.83. The van der Waals surface area contributed by atoms with Crippen molar-refractivity contribution >= 4 is 0 Å². The van der Waals surface area contributed by atoms with Gasteiger partial charge in [-0.15, -0.1) is 0 Å². The van der Waals surface area contributed by atoms with E-state index in [-0.39, 0.29) is 6.04 Å². The first-order valence-corrected chi connectivity index (χ1v) is 6.83. The van der Waals surface area contributed by atoms with Crippen LogP contribution in [-0.2, 0) is 13.0 Å². The van der Waals surface area contributed by atoms with Crippen LogP contribution < -0.4 is 5.32 Å². The number of nitrogens with one attached hydrogen (secondary N) is 1. The van der Waals surface area contributed by atoms with Crippen molar-refractivity contribution in [2.24, 2.45) is 0 Å². The predicted molar refractivity (Wildman–Crippen MR) is 77.1 cm³/mol. The monoisotopic (exact) mass is 258 g/mol. The summed E-state index contributed by atoms with van der Waals surface area (Å²) in [4.78, 5) is 4.26. The summed E-state index contributed by atoms with van der Waals surface area (Å²) in [7, 11) is 0. The molecule has 3 heteroatoms. The lowest BCUT2D eigenvalue weighted by Crippen LogP contribution is -2.18. The highest BCUT2D eigenvalue weighted by Gasteiger charge is 2.08. The third-order valence-electron chi connectivity index (χ3n) is 3.25. The molecule has 0 fully saturated rings. The lowest BCUT2D eigenvalue weighted by Gasteiger charge is -2.14. The molecule has 1 aromatic carbocycles. The Labute approximate surface area is 115 Å². The Morgan fingerprint density at radius 3 is 2.47 bits per heavy atom. The van der Waals surface area contributed by atoms with Crippen molar-refractivity contribution in [3.8, 4) is 0 Å². The molecule has 2 aromatic rings. The number of rotatable bonds is 5. The van der Waals surface area contributed by atoms with E-state index in [4.69, 9.17) is 4.42 Å². The minimum Gasteiger partial charge on any atom is -0.444 e. The number of hydrogen-bond donors (Lipinski definition) is 1. The summed E-state index contributed by atoms with van der Waals surface area (Å²) in [6.45, 7) is 9.15. The van der Waals surface area contributed by atoms with Gasteiger partial charge in [0, 0.05) is 12.5 Å². The van der Waals surface area contributed by atoms with E-state index in [0.717, 1.165) is 18.1 Å². The van der Waals surface area contributed by atoms with Crippen LogP contribution in [0.2, 0.25) is 0 Å². The average Bonchev–Trinajstić information content (AvgIpc) is 2.82. The Morgan fingerprint density at radius 2 is 1.89 bits per heavy atom. The molecule has 1 unspecified atom stereocenters. The molecule has 1 atom stereocenters. The van der Waals surface area contributed by atoms with E-state index in [1.807, 2.05) is 0 Å². The van der Waals surface area contributed by atoms with Crippen molar-refractivity contribution < 1.29 is 4.42 Å². The lowest BCUT2D eigenvalue weighted by atomic mass is 10.0. The van der Waals surface area contributed by atoms with Crippen molar-refractivity contribution in [2.45, 2.75) is 46.7 Å². The number of oxazole rings is 1. The average molecular weight is 258 g/mol. The number of aromatic nitrogens is 1. The maximum Gasteiger partial charge on any atom is 0.208 e. The molecule has 0 saturated heterocycles. The molecule has 0 aliphatic carbocycles. The summed E-state index contributed by atoms with van der Waals surface area (Å²) in [6, 6.07) is 6.92. The zero-order valence-electron chi connectivity index (χ0n) is 12.2. The highest BCUT2D eigenvalue weighted by molar-refractivity contribution is 5.30. The second-order valence-electron chi connectivity index (χ2n) is 5.10. The number of benzene rings is 1. The lowest BCUT2D eigenvalue weighted by molar-refractivity contribution is 0.424. The Balaban J connectivity index is 1.98. The second kappa shape index (κ2) is 6.02.